The molecular weight excluding hydrogens is 276 g/mol. The van der Waals surface area contributed by atoms with E-state index in [-0.39, 0.29) is 0 Å². The van der Waals surface area contributed by atoms with Crippen LogP contribution >= 0.6 is 0 Å². The van der Waals surface area contributed by atoms with E-state index in [1.165, 1.54) is 51.6 Å². The van der Waals surface area contributed by atoms with Gasteiger partial charge in [0.2, 0.25) is 0 Å². The van der Waals surface area contributed by atoms with Crippen LogP contribution in [0.15, 0.2) is 6.07 Å². The molecule has 1 saturated heterocycles. The van der Waals surface area contributed by atoms with E-state index < -0.39 is 0 Å². The molecule has 0 amide bonds. The van der Waals surface area contributed by atoms with Gasteiger partial charge in [-0.2, -0.15) is 5.10 Å². The summed E-state index contributed by atoms with van der Waals surface area (Å²) in [6, 6.07) is 2.83. The highest BCUT2D eigenvalue weighted by Gasteiger charge is 2.37. The molecule has 1 aromatic heterocycles. The van der Waals surface area contributed by atoms with E-state index in [9.17, 15) is 0 Å². The van der Waals surface area contributed by atoms with Crippen LogP contribution in [0.4, 0.5) is 0 Å². The van der Waals surface area contributed by atoms with Crippen LogP contribution in [0.1, 0.15) is 49.9 Å². The molecule has 2 aliphatic rings. The monoisotopic (exact) mass is 306 g/mol. The fraction of sp³-hybridized carbons (Fsp3) is 0.824. The van der Waals surface area contributed by atoms with Crippen LogP contribution in [0.25, 0.3) is 0 Å². The van der Waals surface area contributed by atoms with E-state index in [2.05, 4.69) is 33.5 Å². The molecule has 0 radical (unpaired) electrons. The van der Waals surface area contributed by atoms with Crippen molar-refractivity contribution in [3.05, 3.63) is 17.5 Å². The Balaban J connectivity index is 1.49. The van der Waals surface area contributed by atoms with Crippen LogP contribution in [-0.2, 0) is 17.9 Å². The number of ether oxygens (including phenoxy) is 1. The van der Waals surface area contributed by atoms with Crippen LogP contribution in [0.3, 0.4) is 0 Å². The van der Waals surface area contributed by atoms with Crippen molar-refractivity contribution in [2.45, 2.75) is 57.7 Å². The van der Waals surface area contributed by atoms with Gasteiger partial charge in [0.1, 0.15) is 0 Å². The quantitative estimate of drug-likeness (QED) is 0.876. The predicted molar refractivity (Wildman–Crippen MR) is 87.6 cm³/mol. The molecule has 1 spiro atoms. The second-order valence-electron chi connectivity index (χ2n) is 7.21. The molecule has 2 N–H and O–H groups in total. The van der Waals surface area contributed by atoms with Gasteiger partial charge in [0, 0.05) is 19.7 Å². The van der Waals surface area contributed by atoms with Crippen molar-refractivity contribution in [3.63, 3.8) is 0 Å². The molecule has 1 aliphatic heterocycles. The summed E-state index contributed by atoms with van der Waals surface area (Å²) in [5, 5.41) is 11.0. The van der Waals surface area contributed by atoms with E-state index >= 15 is 0 Å². The maximum Gasteiger partial charge on any atom is 0.0878 e. The van der Waals surface area contributed by atoms with Crippen molar-refractivity contribution in [1.29, 1.82) is 0 Å². The van der Waals surface area contributed by atoms with Gasteiger partial charge in [-0.3, -0.25) is 10.00 Å². The molecule has 0 bridgehead atoms. The first-order valence-corrected chi connectivity index (χ1v) is 8.64. The Labute approximate surface area is 133 Å². The summed E-state index contributed by atoms with van der Waals surface area (Å²) < 4.78 is 5.14. The Hall–Kier alpha value is -0.910. The summed E-state index contributed by atoms with van der Waals surface area (Å²) in [5.74, 6) is 0. The molecule has 22 heavy (non-hydrogen) atoms. The topological polar surface area (TPSA) is 53.2 Å². The van der Waals surface area contributed by atoms with Gasteiger partial charge in [-0.25, -0.2) is 0 Å². The van der Waals surface area contributed by atoms with E-state index in [1.54, 1.807) is 7.11 Å². The second-order valence-corrected chi connectivity index (χ2v) is 7.21. The second kappa shape index (κ2) is 7.11. The van der Waals surface area contributed by atoms with Crippen LogP contribution in [0.5, 0.6) is 0 Å². The molecule has 2 heterocycles. The molecule has 124 valence electrons. The van der Waals surface area contributed by atoms with E-state index in [0.29, 0.717) is 18.1 Å². The van der Waals surface area contributed by atoms with Crippen molar-refractivity contribution in [1.82, 2.24) is 20.4 Å². The fourth-order valence-corrected chi connectivity index (χ4v) is 4.22. The minimum Gasteiger partial charge on any atom is -0.378 e. The number of aromatic nitrogens is 2. The van der Waals surface area contributed by atoms with E-state index in [1.807, 2.05) is 0 Å². The van der Waals surface area contributed by atoms with Crippen LogP contribution in [0, 0.1) is 5.41 Å². The van der Waals surface area contributed by atoms with Crippen LogP contribution in [0.2, 0.25) is 0 Å². The van der Waals surface area contributed by atoms with Gasteiger partial charge in [0.05, 0.1) is 18.0 Å². The summed E-state index contributed by atoms with van der Waals surface area (Å²) in [6.07, 6.45) is 8.24. The maximum absolute atomic E-state index is 5.14. The van der Waals surface area contributed by atoms with Crippen molar-refractivity contribution < 1.29 is 4.74 Å². The van der Waals surface area contributed by atoms with Gasteiger partial charge >= 0.3 is 0 Å². The summed E-state index contributed by atoms with van der Waals surface area (Å²) >= 11 is 0. The smallest absolute Gasteiger partial charge is 0.0878 e. The highest BCUT2D eigenvalue weighted by atomic mass is 16.5. The van der Waals surface area contributed by atoms with Gasteiger partial charge in [-0.05, 0) is 70.1 Å². The highest BCUT2D eigenvalue weighted by Crippen LogP contribution is 2.44. The molecule has 0 aromatic carbocycles. The third-order valence-corrected chi connectivity index (χ3v) is 5.70. The summed E-state index contributed by atoms with van der Waals surface area (Å²) in [4.78, 5) is 2.49. The molecule has 1 saturated carbocycles. The Morgan fingerprint density at radius 2 is 2.00 bits per heavy atom. The number of H-pyrrole nitrogens is 1. The molecule has 1 aliphatic carbocycles. The van der Waals surface area contributed by atoms with Crippen molar-refractivity contribution >= 4 is 0 Å². The lowest BCUT2D eigenvalue weighted by Crippen LogP contribution is -2.43. The lowest BCUT2D eigenvalue weighted by Gasteiger charge is -2.45. The van der Waals surface area contributed by atoms with Gasteiger partial charge < -0.3 is 10.1 Å². The third-order valence-electron chi connectivity index (χ3n) is 5.70. The largest absolute Gasteiger partial charge is 0.378 e. The number of hydrogen-bond acceptors (Lipinski definition) is 4. The van der Waals surface area contributed by atoms with Crippen molar-refractivity contribution in [2.24, 2.45) is 5.41 Å². The molecule has 0 atom stereocenters. The Morgan fingerprint density at radius 1 is 1.27 bits per heavy atom. The standard InChI is InChI=1S/C17H30N4O/c1-21(12-14-11-15(13-22-2)20-19-14)16-3-5-17(6-4-16)7-9-18-10-8-17/h11,16,18H,3-10,12-13H2,1-2H3,(H,19,20). The third kappa shape index (κ3) is 3.70. The van der Waals surface area contributed by atoms with Crippen molar-refractivity contribution in [2.75, 3.05) is 27.2 Å². The average Bonchev–Trinajstić information content (AvgIpc) is 2.96. The van der Waals surface area contributed by atoms with Crippen molar-refractivity contribution in [3.8, 4) is 0 Å². The average molecular weight is 306 g/mol. The van der Waals surface area contributed by atoms with Crippen LogP contribution in [-0.4, -0.2) is 48.4 Å². The number of nitrogens with one attached hydrogen (secondary N) is 2. The highest BCUT2D eigenvalue weighted by molar-refractivity contribution is 5.08. The predicted octanol–water partition coefficient (Wildman–Crippen LogP) is 2.30. The molecule has 5 heteroatoms. The molecule has 5 nitrogen and oxygen atoms in total. The SMILES string of the molecule is COCc1cc(CN(C)C2CCC3(CCNCC3)CC2)n[nH]1. The summed E-state index contributed by atoms with van der Waals surface area (Å²) in [7, 11) is 3.96. The first-order valence-electron chi connectivity index (χ1n) is 8.64. The lowest BCUT2D eigenvalue weighted by atomic mass is 9.67. The Bertz CT molecular complexity index is 457. The number of hydrogen-bond donors (Lipinski definition) is 2. The van der Waals surface area contributed by atoms with Gasteiger partial charge in [0.25, 0.3) is 0 Å². The minimum atomic E-state index is 0.608. The molecule has 1 aromatic rings. The number of nitrogens with zero attached hydrogens (tertiary/aromatic N) is 2. The zero-order chi connectivity index (χ0) is 15.4. The minimum absolute atomic E-state index is 0.608. The number of rotatable bonds is 5. The summed E-state index contributed by atoms with van der Waals surface area (Å²) in [5.41, 5.74) is 2.83. The van der Waals surface area contributed by atoms with Gasteiger partial charge in [0.15, 0.2) is 0 Å². The van der Waals surface area contributed by atoms with Crippen LogP contribution < -0.4 is 5.32 Å². The van der Waals surface area contributed by atoms with E-state index in [4.69, 9.17) is 4.74 Å². The molecule has 2 fully saturated rings. The molecule has 0 unspecified atom stereocenters. The first kappa shape index (κ1) is 16.0. The van der Waals surface area contributed by atoms with E-state index in [0.717, 1.165) is 17.9 Å². The lowest BCUT2D eigenvalue weighted by molar-refractivity contribution is 0.0734. The fourth-order valence-electron chi connectivity index (χ4n) is 4.22. The van der Waals surface area contributed by atoms with Gasteiger partial charge in [-0.15, -0.1) is 0 Å². The Morgan fingerprint density at radius 3 is 2.68 bits per heavy atom. The number of piperidine rings is 1. The van der Waals surface area contributed by atoms with Gasteiger partial charge in [-0.1, -0.05) is 0 Å². The molecule has 3 rings (SSSR count). The first-order chi connectivity index (χ1) is 10.7. The summed E-state index contributed by atoms with van der Waals surface area (Å²) in [6.45, 7) is 3.97. The number of methoxy groups -OCH3 is 1. The number of aromatic amines is 1. The molecular formula is C17H30N4O. The Kier molecular flexibility index (Phi) is 5.16. The maximum atomic E-state index is 5.14. The zero-order valence-electron chi connectivity index (χ0n) is 14.0. The normalized spacial score (nSPS) is 22.5. The zero-order valence-corrected chi connectivity index (χ0v) is 14.0.